The molecule has 2 aromatic rings. The van der Waals surface area contributed by atoms with E-state index >= 15 is 0 Å². The first-order chi connectivity index (χ1) is 13.8. The lowest BCUT2D eigenvalue weighted by atomic mass is 10.2. The van der Waals surface area contributed by atoms with Crippen LogP contribution >= 0.6 is 47.0 Å². The minimum absolute atomic E-state index is 0.250. The number of thiocarbonyl (C=S) groups is 1. The summed E-state index contributed by atoms with van der Waals surface area (Å²) < 4.78 is 0. The van der Waals surface area contributed by atoms with Gasteiger partial charge in [0.1, 0.15) is 0 Å². The van der Waals surface area contributed by atoms with Crippen molar-refractivity contribution in [2.45, 2.75) is 6.92 Å². The van der Waals surface area contributed by atoms with Gasteiger partial charge in [0, 0.05) is 42.6 Å². The summed E-state index contributed by atoms with van der Waals surface area (Å²) in [6.07, 6.45) is 0. The molecule has 5 nitrogen and oxygen atoms in total. The summed E-state index contributed by atoms with van der Waals surface area (Å²) in [6, 6.07) is 11.6. The second-order valence-electron chi connectivity index (χ2n) is 6.22. The highest BCUT2D eigenvalue weighted by molar-refractivity contribution is 7.79. The Balaban J connectivity index is 0.000000265. The third-order valence-corrected chi connectivity index (χ3v) is 5.43. The third kappa shape index (κ3) is 9.19. The summed E-state index contributed by atoms with van der Waals surface area (Å²) in [4.78, 5) is 13.0. The lowest BCUT2D eigenvalue weighted by molar-refractivity contribution is -0.122. The zero-order chi connectivity index (χ0) is 21.8. The van der Waals surface area contributed by atoms with Gasteiger partial charge < -0.3 is 20.2 Å². The van der Waals surface area contributed by atoms with Crippen molar-refractivity contribution in [1.29, 1.82) is 0 Å². The Morgan fingerprint density at radius 1 is 1.00 bits per heavy atom. The van der Waals surface area contributed by atoms with Crippen LogP contribution in [0.2, 0.25) is 15.1 Å². The predicted octanol–water partition coefficient (Wildman–Crippen LogP) is 5.46. The molecule has 1 aliphatic heterocycles. The van der Waals surface area contributed by atoms with Crippen LogP contribution in [-0.4, -0.2) is 55.2 Å². The fourth-order valence-corrected chi connectivity index (χ4v) is 3.11. The molecule has 0 bridgehead atoms. The fourth-order valence-electron chi connectivity index (χ4n) is 2.50. The van der Waals surface area contributed by atoms with Crippen molar-refractivity contribution in [3.05, 3.63) is 57.0 Å². The maximum absolute atomic E-state index is 8.36. The van der Waals surface area contributed by atoms with E-state index in [4.69, 9.17) is 44.7 Å². The van der Waals surface area contributed by atoms with Crippen LogP contribution in [0.25, 0.3) is 0 Å². The summed E-state index contributed by atoms with van der Waals surface area (Å²) >= 11 is 22.4. The molecule has 3 rings (SSSR count). The lowest BCUT2D eigenvalue weighted by Crippen LogP contribution is -2.44. The van der Waals surface area contributed by atoms with Crippen molar-refractivity contribution < 1.29 is 9.90 Å². The lowest BCUT2D eigenvalue weighted by Gasteiger charge is -2.34. The molecule has 1 aliphatic rings. The zero-order valence-corrected chi connectivity index (χ0v) is 19.3. The molecule has 0 aliphatic carbocycles. The van der Waals surface area contributed by atoms with Crippen LogP contribution in [-0.2, 0) is 4.79 Å². The molecule has 29 heavy (non-hydrogen) atoms. The van der Waals surface area contributed by atoms with Gasteiger partial charge in [-0.3, -0.25) is 4.79 Å². The summed E-state index contributed by atoms with van der Waals surface area (Å²) in [5.41, 5.74) is 4.62. The van der Waals surface area contributed by atoms with Crippen molar-refractivity contribution in [3.63, 3.8) is 0 Å². The largest absolute Gasteiger partial charge is 0.483 e. The number of hydrogen-bond donors (Lipinski definition) is 2. The van der Waals surface area contributed by atoms with E-state index in [1.54, 1.807) is 0 Å². The summed E-state index contributed by atoms with van der Waals surface area (Å²) in [7, 11) is 2.15. The van der Waals surface area contributed by atoms with Gasteiger partial charge in [-0.15, -0.1) is 0 Å². The first-order valence-corrected chi connectivity index (χ1v) is 10.4. The van der Waals surface area contributed by atoms with Gasteiger partial charge in [-0.05, 0) is 49.9 Å². The number of nitrogens with zero attached hydrogens (tertiary/aromatic N) is 2. The van der Waals surface area contributed by atoms with Crippen molar-refractivity contribution in [2.75, 3.05) is 43.4 Å². The van der Waals surface area contributed by atoms with Gasteiger partial charge >= 0.3 is 0 Å². The smallest absolute Gasteiger partial charge is 0.290 e. The van der Waals surface area contributed by atoms with Crippen LogP contribution in [0, 0.1) is 6.92 Å². The standard InChI is InChI=1S/C11H14Cl2N2.C8H8ClNS.CH2O2/c1-14-4-6-15(7-5-14)9-2-3-10(12)11(13)8-9;1-6-2-3-7(10-5-11)4-8(6)9;2-1-3/h2-3,8H,4-7H2,1H3;2-5H,1H3,(H,10,11);1H,(H,2,3). The van der Waals surface area contributed by atoms with E-state index in [1.165, 1.54) is 5.49 Å². The fraction of sp³-hybridized carbons (Fsp3) is 0.300. The Bertz CT molecular complexity index is 801. The van der Waals surface area contributed by atoms with Gasteiger partial charge in [0.05, 0.1) is 15.5 Å². The van der Waals surface area contributed by atoms with Crippen molar-refractivity contribution in [2.24, 2.45) is 0 Å². The number of carboxylic acid groups (broad SMARTS) is 1. The molecule has 0 spiro atoms. The van der Waals surface area contributed by atoms with Crippen molar-refractivity contribution >= 4 is 70.4 Å². The van der Waals surface area contributed by atoms with E-state index in [0.717, 1.165) is 48.1 Å². The van der Waals surface area contributed by atoms with Gasteiger partial charge in [-0.1, -0.05) is 53.1 Å². The molecule has 158 valence electrons. The van der Waals surface area contributed by atoms with E-state index < -0.39 is 0 Å². The Hall–Kier alpha value is -1.57. The molecule has 2 aromatic carbocycles. The average Bonchev–Trinajstić information content (AvgIpc) is 2.69. The second-order valence-corrected chi connectivity index (χ2v) is 7.68. The molecule has 1 saturated heterocycles. The number of nitrogens with one attached hydrogen (secondary N) is 1. The molecule has 0 amide bonds. The van der Waals surface area contributed by atoms with E-state index in [2.05, 4.69) is 34.4 Å². The maximum Gasteiger partial charge on any atom is 0.290 e. The highest BCUT2D eigenvalue weighted by Crippen LogP contribution is 2.27. The number of aryl methyl sites for hydroxylation is 1. The zero-order valence-electron chi connectivity index (χ0n) is 16.2. The van der Waals surface area contributed by atoms with Crippen LogP contribution in [0.5, 0.6) is 0 Å². The number of benzene rings is 2. The molecule has 2 N–H and O–H groups in total. The molecule has 1 heterocycles. The van der Waals surface area contributed by atoms with E-state index in [-0.39, 0.29) is 6.47 Å². The molecule has 0 aromatic heterocycles. The monoisotopic (exact) mass is 475 g/mol. The number of likely N-dealkylation sites (N-methyl/N-ethyl adjacent to an activating group) is 1. The van der Waals surface area contributed by atoms with Crippen molar-refractivity contribution in [3.8, 4) is 0 Å². The third-order valence-electron chi connectivity index (χ3n) is 4.17. The van der Waals surface area contributed by atoms with Gasteiger partial charge in [-0.2, -0.15) is 0 Å². The second kappa shape index (κ2) is 13.6. The Kier molecular flexibility index (Phi) is 12.0. The molecular formula is C20H24Cl3N3O2S. The minimum Gasteiger partial charge on any atom is -0.483 e. The van der Waals surface area contributed by atoms with Gasteiger partial charge in [0.15, 0.2) is 0 Å². The minimum atomic E-state index is -0.250. The normalized spacial score (nSPS) is 13.3. The van der Waals surface area contributed by atoms with Crippen molar-refractivity contribution in [1.82, 2.24) is 4.90 Å². The first-order valence-electron chi connectivity index (χ1n) is 8.75. The number of carbonyl (C=O) groups is 1. The van der Waals surface area contributed by atoms with Crippen LogP contribution in [0.15, 0.2) is 36.4 Å². The maximum atomic E-state index is 8.36. The molecule has 9 heteroatoms. The van der Waals surface area contributed by atoms with E-state index in [9.17, 15) is 0 Å². The Labute approximate surface area is 192 Å². The molecule has 0 radical (unpaired) electrons. The molecule has 0 unspecified atom stereocenters. The van der Waals surface area contributed by atoms with Crippen LogP contribution in [0.4, 0.5) is 11.4 Å². The topological polar surface area (TPSA) is 55.8 Å². The summed E-state index contributed by atoms with van der Waals surface area (Å²) in [5.74, 6) is 0. The van der Waals surface area contributed by atoms with Crippen LogP contribution in [0.3, 0.4) is 0 Å². The Morgan fingerprint density at radius 3 is 2.14 bits per heavy atom. The molecular weight excluding hydrogens is 453 g/mol. The van der Waals surface area contributed by atoms with Gasteiger partial charge in [0.25, 0.3) is 6.47 Å². The first kappa shape index (κ1) is 25.5. The molecule has 0 saturated carbocycles. The highest BCUT2D eigenvalue weighted by atomic mass is 35.5. The van der Waals surface area contributed by atoms with E-state index in [0.29, 0.717) is 10.0 Å². The average molecular weight is 477 g/mol. The van der Waals surface area contributed by atoms with Gasteiger partial charge in [-0.25, -0.2) is 0 Å². The number of anilines is 2. The summed E-state index contributed by atoms with van der Waals surface area (Å²) in [5, 5.41) is 11.8. The number of halogens is 3. The highest BCUT2D eigenvalue weighted by Gasteiger charge is 2.14. The predicted molar refractivity (Wildman–Crippen MR) is 128 cm³/mol. The number of hydrogen-bond acceptors (Lipinski definition) is 4. The van der Waals surface area contributed by atoms with Crippen LogP contribution in [0.1, 0.15) is 5.56 Å². The van der Waals surface area contributed by atoms with Gasteiger partial charge in [0.2, 0.25) is 0 Å². The van der Waals surface area contributed by atoms with Crippen LogP contribution < -0.4 is 10.2 Å². The SMILES string of the molecule is CN1CCN(c2ccc(Cl)c(Cl)c2)CC1.Cc1ccc(NC=S)cc1Cl.O=CO. The Morgan fingerprint density at radius 2 is 1.62 bits per heavy atom. The molecule has 0 atom stereocenters. The number of piperazine rings is 1. The quantitative estimate of drug-likeness (QED) is 0.453. The summed E-state index contributed by atoms with van der Waals surface area (Å²) in [6.45, 7) is 6.01. The number of rotatable bonds is 3. The van der Waals surface area contributed by atoms with E-state index in [1.807, 2.05) is 43.3 Å². The molecule has 1 fully saturated rings.